The van der Waals surface area contributed by atoms with Crippen molar-refractivity contribution in [3.63, 3.8) is 0 Å². The Kier molecular flexibility index (Phi) is 3.13. The van der Waals surface area contributed by atoms with E-state index >= 15 is 0 Å². The van der Waals surface area contributed by atoms with Gasteiger partial charge in [-0.3, -0.25) is 0 Å². The van der Waals surface area contributed by atoms with Gasteiger partial charge in [0, 0.05) is 19.8 Å². The second-order valence-corrected chi connectivity index (χ2v) is 5.43. The fraction of sp³-hybridized carbons (Fsp3) is 1.00. The molecule has 0 bridgehead atoms. The summed E-state index contributed by atoms with van der Waals surface area (Å²) in [5.41, 5.74) is 0.586. The maximum Gasteiger partial charge on any atom is 0.0471 e. The fourth-order valence-corrected chi connectivity index (χ4v) is 3.12. The van der Waals surface area contributed by atoms with Gasteiger partial charge in [-0.1, -0.05) is 13.8 Å². The van der Waals surface area contributed by atoms with Gasteiger partial charge < -0.3 is 10.1 Å². The minimum absolute atomic E-state index is 0.586. The summed E-state index contributed by atoms with van der Waals surface area (Å²) in [4.78, 5) is 0. The molecule has 2 fully saturated rings. The predicted molar refractivity (Wildman–Crippen MR) is 58.3 cm³/mol. The maximum atomic E-state index is 5.48. The summed E-state index contributed by atoms with van der Waals surface area (Å²) in [5, 5.41) is 3.58. The molecule has 0 radical (unpaired) electrons. The van der Waals surface area contributed by atoms with Crippen LogP contribution in [0.25, 0.3) is 0 Å². The van der Waals surface area contributed by atoms with Gasteiger partial charge in [-0.2, -0.15) is 0 Å². The molecule has 2 heterocycles. The summed E-state index contributed by atoms with van der Waals surface area (Å²) in [6, 6.07) is 0. The molecule has 2 heteroatoms. The van der Waals surface area contributed by atoms with Crippen molar-refractivity contribution < 1.29 is 4.74 Å². The van der Waals surface area contributed by atoms with Crippen molar-refractivity contribution in [2.45, 2.75) is 33.1 Å². The first-order valence-electron chi connectivity index (χ1n) is 6.01. The van der Waals surface area contributed by atoms with Gasteiger partial charge in [0.1, 0.15) is 0 Å². The predicted octanol–water partition coefficient (Wildman–Crippen LogP) is 2.05. The quantitative estimate of drug-likeness (QED) is 0.731. The van der Waals surface area contributed by atoms with Crippen molar-refractivity contribution >= 4 is 0 Å². The third-order valence-corrected chi connectivity index (χ3v) is 3.98. The van der Waals surface area contributed by atoms with E-state index in [0.717, 1.165) is 25.0 Å². The highest BCUT2D eigenvalue weighted by Gasteiger charge is 2.43. The molecule has 1 spiro atoms. The third kappa shape index (κ3) is 1.96. The smallest absolute Gasteiger partial charge is 0.0471 e. The Balaban J connectivity index is 2.00. The standard InChI is InChI=1S/C12H23NO/c1-10(2)7-11-8-13-9-12(11)3-5-14-6-4-12/h10-11,13H,3-9H2,1-2H3. The SMILES string of the molecule is CC(C)CC1CNCC12CCOCC2. The van der Waals surface area contributed by atoms with Gasteiger partial charge in [-0.05, 0) is 43.1 Å². The van der Waals surface area contributed by atoms with E-state index in [1.54, 1.807) is 0 Å². The highest BCUT2D eigenvalue weighted by Crippen LogP contribution is 2.43. The van der Waals surface area contributed by atoms with Crippen LogP contribution >= 0.6 is 0 Å². The molecule has 0 saturated carbocycles. The van der Waals surface area contributed by atoms with Crippen LogP contribution in [0, 0.1) is 17.3 Å². The van der Waals surface area contributed by atoms with Gasteiger partial charge in [-0.25, -0.2) is 0 Å². The molecule has 2 aliphatic rings. The van der Waals surface area contributed by atoms with Crippen LogP contribution in [0.1, 0.15) is 33.1 Å². The average molecular weight is 197 g/mol. The molecular weight excluding hydrogens is 174 g/mol. The average Bonchev–Trinajstić information content (AvgIpc) is 2.50. The molecule has 0 amide bonds. The van der Waals surface area contributed by atoms with E-state index in [0.29, 0.717) is 5.41 Å². The van der Waals surface area contributed by atoms with Crippen molar-refractivity contribution in [3.8, 4) is 0 Å². The molecule has 2 aliphatic heterocycles. The zero-order chi connectivity index (χ0) is 10.0. The summed E-state index contributed by atoms with van der Waals surface area (Å²) < 4.78 is 5.48. The van der Waals surface area contributed by atoms with Crippen LogP contribution < -0.4 is 5.32 Å². The highest BCUT2D eigenvalue weighted by molar-refractivity contribution is 4.96. The lowest BCUT2D eigenvalue weighted by Gasteiger charge is -2.38. The molecule has 1 N–H and O–H groups in total. The first-order valence-corrected chi connectivity index (χ1v) is 6.01. The van der Waals surface area contributed by atoms with E-state index in [-0.39, 0.29) is 0 Å². The van der Waals surface area contributed by atoms with E-state index < -0.39 is 0 Å². The molecular formula is C12H23NO. The monoisotopic (exact) mass is 197 g/mol. The third-order valence-electron chi connectivity index (χ3n) is 3.98. The van der Waals surface area contributed by atoms with Gasteiger partial charge in [0.25, 0.3) is 0 Å². The number of rotatable bonds is 2. The number of hydrogen-bond donors (Lipinski definition) is 1. The zero-order valence-corrected chi connectivity index (χ0v) is 9.51. The molecule has 2 saturated heterocycles. The summed E-state index contributed by atoms with van der Waals surface area (Å²) in [6.45, 7) is 9.11. The van der Waals surface area contributed by atoms with E-state index in [1.807, 2.05) is 0 Å². The molecule has 1 atom stereocenters. The summed E-state index contributed by atoms with van der Waals surface area (Å²) in [7, 11) is 0. The van der Waals surface area contributed by atoms with Crippen LogP contribution in [0.5, 0.6) is 0 Å². The molecule has 2 nitrogen and oxygen atoms in total. The minimum Gasteiger partial charge on any atom is -0.381 e. The van der Waals surface area contributed by atoms with Gasteiger partial charge in [-0.15, -0.1) is 0 Å². The van der Waals surface area contributed by atoms with Crippen LogP contribution in [0.15, 0.2) is 0 Å². The highest BCUT2D eigenvalue weighted by atomic mass is 16.5. The van der Waals surface area contributed by atoms with E-state index in [2.05, 4.69) is 19.2 Å². The molecule has 2 rings (SSSR count). The van der Waals surface area contributed by atoms with Crippen LogP contribution in [0.3, 0.4) is 0 Å². The second kappa shape index (κ2) is 4.19. The fourth-order valence-electron chi connectivity index (χ4n) is 3.12. The Morgan fingerprint density at radius 2 is 2.07 bits per heavy atom. The number of hydrogen-bond acceptors (Lipinski definition) is 2. The Morgan fingerprint density at radius 3 is 2.71 bits per heavy atom. The van der Waals surface area contributed by atoms with Gasteiger partial charge in [0.2, 0.25) is 0 Å². The normalized spacial score (nSPS) is 31.5. The summed E-state index contributed by atoms with van der Waals surface area (Å²) >= 11 is 0. The molecule has 0 aromatic heterocycles. The van der Waals surface area contributed by atoms with E-state index in [1.165, 1.54) is 32.4 Å². The molecule has 0 aliphatic carbocycles. The van der Waals surface area contributed by atoms with E-state index in [4.69, 9.17) is 4.74 Å². The Morgan fingerprint density at radius 1 is 1.36 bits per heavy atom. The molecule has 14 heavy (non-hydrogen) atoms. The maximum absolute atomic E-state index is 5.48. The lowest BCUT2D eigenvalue weighted by molar-refractivity contribution is -0.00149. The molecule has 1 unspecified atom stereocenters. The Labute approximate surface area is 87.4 Å². The second-order valence-electron chi connectivity index (χ2n) is 5.43. The number of nitrogens with one attached hydrogen (secondary N) is 1. The Bertz CT molecular complexity index is 185. The van der Waals surface area contributed by atoms with Gasteiger partial charge >= 0.3 is 0 Å². The van der Waals surface area contributed by atoms with Crippen LogP contribution in [0.2, 0.25) is 0 Å². The lowest BCUT2D eigenvalue weighted by Crippen LogP contribution is -2.37. The van der Waals surface area contributed by atoms with Crippen LogP contribution in [-0.4, -0.2) is 26.3 Å². The first kappa shape index (κ1) is 10.4. The van der Waals surface area contributed by atoms with Crippen molar-refractivity contribution in [2.24, 2.45) is 17.3 Å². The molecule has 0 aromatic rings. The van der Waals surface area contributed by atoms with Crippen LogP contribution in [-0.2, 0) is 4.74 Å². The van der Waals surface area contributed by atoms with Crippen molar-refractivity contribution in [1.29, 1.82) is 0 Å². The van der Waals surface area contributed by atoms with Crippen molar-refractivity contribution in [1.82, 2.24) is 5.32 Å². The van der Waals surface area contributed by atoms with Crippen LogP contribution in [0.4, 0.5) is 0 Å². The number of ether oxygens (including phenoxy) is 1. The minimum atomic E-state index is 0.586. The lowest BCUT2D eigenvalue weighted by atomic mass is 9.69. The zero-order valence-electron chi connectivity index (χ0n) is 9.51. The topological polar surface area (TPSA) is 21.3 Å². The molecule has 0 aromatic carbocycles. The molecule has 82 valence electrons. The van der Waals surface area contributed by atoms with Gasteiger partial charge in [0.05, 0.1) is 0 Å². The first-order chi connectivity index (χ1) is 6.73. The van der Waals surface area contributed by atoms with Crippen molar-refractivity contribution in [2.75, 3.05) is 26.3 Å². The van der Waals surface area contributed by atoms with E-state index in [9.17, 15) is 0 Å². The van der Waals surface area contributed by atoms with Crippen molar-refractivity contribution in [3.05, 3.63) is 0 Å². The largest absolute Gasteiger partial charge is 0.381 e. The summed E-state index contributed by atoms with van der Waals surface area (Å²) in [6.07, 6.45) is 3.93. The van der Waals surface area contributed by atoms with Gasteiger partial charge in [0.15, 0.2) is 0 Å². The summed E-state index contributed by atoms with van der Waals surface area (Å²) in [5.74, 6) is 1.73. The Hall–Kier alpha value is -0.0800.